The van der Waals surface area contributed by atoms with Gasteiger partial charge in [-0.05, 0) is 12.2 Å². The minimum absolute atomic E-state index is 0.143. The summed E-state index contributed by atoms with van der Waals surface area (Å²) in [5.74, 6) is 2.69. The molecule has 76 valence electrons. The zero-order chi connectivity index (χ0) is 9.97. The second kappa shape index (κ2) is 4.23. The van der Waals surface area contributed by atoms with E-state index in [1.165, 1.54) is 6.33 Å². The van der Waals surface area contributed by atoms with Gasteiger partial charge in [-0.3, -0.25) is 4.79 Å². The van der Waals surface area contributed by atoms with E-state index in [-0.39, 0.29) is 10.6 Å². The highest BCUT2D eigenvalue weighted by Gasteiger charge is 2.17. The lowest BCUT2D eigenvalue weighted by atomic mass is 10.2. The third-order valence-corrected chi connectivity index (χ3v) is 3.58. The molecular formula is C8H10ClN3OS. The van der Waals surface area contributed by atoms with Crippen molar-refractivity contribution in [3.63, 3.8) is 0 Å². The van der Waals surface area contributed by atoms with E-state index in [4.69, 9.17) is 11.6 Å². The van der Waals surface area contributed by atoms with Gasteiger partial charge in [0.1, 0.15) is 5.02 Å². The van der Waals surface area contributed by atoms with E-state index in [1.54, 1.807) is 0 Å². The number of rotatable bonds is 2. The summed E-state index contributed by atoms with van der Waals surface area (Å²) in [6.07, 6.45) is 2.45. The van der Waals surface area contributed by atoms with Crippen LogP contribution in [0.2, 0.25) is 5.02 Å². The number of anilines is 1. The van der Waals surface area contributed by atoms with Gasteiger partial charge in [0.05, 0.1) is 6.33 Å². The molecule has 0 saturated carbocycles. The Kier molecular flexibility index (Phi) is 2.98. The summed E-state index contributed by atoms with van der Waals surface area (Å²) in [5, 5.41) is 3.31. The Morgan fingerprint density at radius 1 is 1.71 bits per heavy atom. The molecule has 0 amide bonds. The molecule has 1 saturated heterocycles. The van der Waals surface area contributed by atoms with Crippen molar-refractivity contribution in [2.24, 2.45) is 0 Å². The molecule has 1 aliphatic heterocycles. The number of thioether (sulfide) groups is 1. The van der Waals surface area contributed by atoms with Gasteiger partial charge in [0.25, 0.3) is 5.56 Å². The van der Waals surface area contributed by atoms with Gasteiger partial charge in [-0.25, -0.2) is 4.98 Å². The number of H-pyrrole nitrogens is 1. The van der Waals surface area contributed by atoms with Gasteiger partial charge >= 0.3 is 0 Å². The molecule has 0 spiro atoms. The number of nitrogens with one attached hydrogen (secondary N) is 2. The van der Waals surface area contributed by atoms with E-state index in [0.29, 0.717) is 11.9 Å². The SMILES string of the molecule is O=c1[nH]cnc(NC2CCSC2)c1Cl. The van der Waals surface area contributed by atoms with E-state index in [1.807, 2.05) is 11.8 Å². The fraction of sp³-hybridized carbons (Fsp3) is 0.500. The highest BCUT2D eigenvalue weighted by Crippen LogP contribution is 2.22. The second-order valence-corrected chi connectivity index (χ2v) is 4.63. The Morgan fingerprint density at radius 2 is 2.57 bits per heavy atom. The Labute approximate surface area is 90.5 Å². The predicted octanol–water partition coefficient (Wildman–Crippen LogP) is 1.34. The molecule has 0 radical (unpaired) electrons. The van der Waals surface area contributed by atoms with Gasteiger partial charge in [0, 0.05) is 11.8 Å². The average Bonchev–Trinajstić information content (AvgIpc) is 2.66. The number of aromatic amines is 1. The van der Waals surface area contributed by atoms with Gasteiger partial charge in [-0.1, -0.05) is 11.6 Å². The average molecular weight is 232 g/mol. The summed E-state index contributed by atoms with van der Waals surface area (Å²) in [5.41, 5.74) is -0.296. The Morgan fingerprint density at radius 3 is 3.29 bits per heavy atom. The van der Waals surface area contributed by atoms with Gasteiger partial charge in [-0.15, -0.1) is 0 Å². The summed E-state index contributed by atoms with van der Waals surface area (Å²) in [6, 6.07) is 0.381. The molecule has 1 aliphatic rings. The maximum Gasteiger partial charge on any atom is 0.271 e. The van der Waals surface area contributed by atoms with Gasteiger partial charge < -0.3 is 10.3 Å². The number of hydrogen-bond acceptors (Lipinski definition) is 4. The van der Waals surface area contributed by atoms with E-state index >= 15 is 0 Å². The molecule has 1 fully saturated rings. The smallest absolute Gasteiger partial charge is 0.271 e. The highest BCUT2D eigenvalue weighted by atomic mass is 35.5. The lowest BCUT2D eigenvalue weighted by molar-refractivity contribution is 0.805. The Balaban J connectivity index is 2.15. The summed E-state index contributed by atoms with van der Waals surface area (Å²) in [4.78, 5) is 17.6. The molecule has 1 aromatic heterocycles. The number of hydrogen-bond donors (Lipinski definition) is 2. The third kappa shape index (κ3) is 2.04. The van der Waals surface area contributed by atoms with Crippen molar-refractivity contribution in [1.29, 1.82) is 0 Å². The second-order valence-electron chi connectivity index (χ2n) is 3.10. The monoisotopic (exact) mass is 231 g/mol. The first-order chi connectivity index (χ1) is 6.77. The number of aromatic nitrogens is 2. The van der Waals surface area contributed by atoms with Crippen LogP contribution in [0.15, 0.2) is 11.1 Å². The van der Waals surface area contributed by atoms with Crippen LogP contribution in [0.25, 0.3) is 0 Å². The van der Waals surface area contributed by atoms with Crippen LogP contribution in [0.5, 0.6) is 0 Å². The van der Waals surface area contributed by atoms with Crippen molar-refractivity contribution in [3.8, 4) is 0 Å². The highest BCUT2D eigenvalue weighted by molar-refractivity contribution is 7.99. The summed E-state index contributed by atoms with van der Waals surface area (Å²) < 4.78 is 0. The van der Waals surface area contributed by atoms with Crippen LogP contribution in [0.3, 0.4) is 0 Å². The molecule has 2 rings (SSSR count). The lowest BCUT2D eigenvalue weighted by Gasteiger charge is -2.11. The maximum absolute atomic E-state index is 11.1. The fourth-order valence-electron chi connectivity index (χ4n) is 1.33. The normalized spacial score (nSPS) is 21.1. The van der Waals surface area contributed by atoms with Crippen molar-refractivity contribution in [2.45, 2.75) is 12.5 Å². The van der Waals surface area contributed by atoms with Crippen LogP contribution >= 0.6 is 23.4 Å². The summed E-state index contributed by atoms with van der Waals surface area (Å²) in [6.45, 7) is 0. The van der Waals surface area contributed by atoms with Crippen molar-refractivity contribution in [3.05, 3.63) is 21.7 Å². The van der Waals surface area contributed by atoms with Crippen LogP contribution < -0.4 is 10.9 Å². The predicted molar refractivity (Wildman–Crippen MR) is 59.2 cm³/mol. The molecule has 1 unspecified atom stereocenters. The zero-order valence-corrected chi connectivity index (χ0v) is 8.99. The molecule has 2 N–H and O–H groups in total. The van der Waals surface area contributed by atoms with Crippen LogP contribution in [0, 0.1) is 0 Å². The van der Waals surface area contributed by atoms with Gasteiger partial charge in [0.2, 0.25) is 0 Å². The molecule has 1 atom stereocenters. The molecule has 6 heteroatoms. The molecule has 0 aliphatic carbocycles. The van der Waals surface area contributed by atoms with Crippen LogP contribution in [-0.4, -0.2) is 27.5 Å². The fourth-order valence-corrected chi connectivity index (χ4v) is 2.64. The van der Waals surface area contributed by atoms with Crippen molar-refractivity contribution < 1.29 is 0 Å². The van der Waals surface area contributed by atoms with Crippen LogP contribution in [-0.2, 0) is 0 Å². The molecule has 0 bridgehead atoms. The quantitative estimate of drug-likeness (QED) is 0.807. The lowest BCUT2D eigenvalue weighted by Crippen LogP contribution is -2.21. The topological polar surface area (TPSA) is 57.8 Å². The number of halogens is 1. The standard InChI is InChI=1S/C8H10ClN3OS/c9-6-7(10-4-11-8(6)13)12-5-1-2-14-3-5/h4-5H,1-3H2,(H2,10,11,12,13). The van der Waals surface area contributed by atoms with Crippen molar-refractivity contribution >= 4 is 29.2 Å². The Hall–Kier alpha value is -0.680. The van der Waals surface area contributed by atoms with E-state index in [0.717, 1.165) is 17.9 Å². The first kappa shape index (κ1) is 9.86. The van der Waals surface area contributed by atoms with E-state index < -0.39 is 0 Å². The molecule has 2 heterocycles. The van der Waals surface area contributed by atoms with Crippen LogP contribution in [0.4, 0.5) is 5.82 Å². The Bertz CT molecular complexity index is 375. The molecule has 1 aromatic rings. The molecule has 0 aromatic carbocycles. The largest absolute Gasteiger partial charge is 0.365 e. The van der Waals surface area contributed by atoms with Crippen molar-refractivity contribution in [2.75, 3.05) is 16.8 Å². The van der Waals surface area contributed by atoms with Crippen molar-refractivity contribution in [1.82, 2.24) is 9.97 Å². The van der Waals surface area contributed by atoms with Gasteiger partial charge in [0.15, 0.2) is 5.82 Å². The van der Waals surface area contributed by atoms with E-state index in [9.17, 15) is 4.79 Å². The molecule has 14 heavy (non-hydrogen) atoms. The van der Waals surface area contributed by atoms with Crippen LogP contribution in [0.1, 0.15) is 6.42 Å². The third-order valence-electron chi connectivity index (χ3n) is 2.07. The summed E-state index contributed by atoms with van der Waals surface area (Å²) in [7, 11) is 0. The van der Waals surface area contributed by atoms with E-state index in [2.05, 4.69) is 15.3 Å². The minimum Gasteiger partial charge on any atom is -0.365 e. The molecule has 4 nitrogen and oxygen atoms in total. The first-order valence-corrected chi connectivity index (χ1v) is 5.88. The minimum atomic E-state index is -0.296. The zero-order valence-electron chi connectivity index (χ0n) is 7.42. The summed E-state index contributed by atoms with van der Waals surface area (Å²) >= 11 is 7.69. The first-order valence-electron chi connectivity index (χ1n) is 4.35. The maximum atomic E-state index is 11.1. The number of nitrogens with zero attached hydrogens (tertiary/aromatic N) is 1. The van der Waals surface area contributed by atoms with Gasteiger partial charge in [-0.2, -0.15) is 11.8 Å². The molecular weight excluding hydrogens is 222 g/mol.